The summed E-state index contributed by atoms with van der Waals surface area (Å²) in [6.07, 6.45) is 3.44. The van der Waals surface area contributed by atoms with E-state index in [9.17, 15) is 0 Å². The number of pyridine rings is 1. The Morgan fingerprint density at radius 1 is 1.50 bits per heavy atom. The molecule has 0 aromatic carbocycles. The van der Waals surface area contributed by atoms with E-state index >= 15 is 0 Å². The van der Waals surface area contributed by atoms with Crippen molar-refractivity contribution >= 4 is 0 Å². The van der Waals surface area contributed by atoms with Gasteiger partial charge in [-0.3, -0.25) is 15.5 Å². The van der Waals surface area contributed by atoms with Crippen LogP contribution in [0.3, 0.4) is 0 Å². The van der Waals surface area contributed by atoms with Crippen LogP contribution in [0.15, 0.2) is 24.5 Å². The van der Waals surface area contributed by atoms with E-state index in [-0.39, 0.29) is 6.04 Å². The zero-order valence-electron chi connectivity index (χ0n) is 9.25. The highest BCUT2D eigenvalue weighted by Crippen LogP contribution is 2.18. The maximum Gasteiger partial charge on any atom is 0.106 e. The van der Waals surface area contributed by atoms with Crippen molar-refractivity contribution in [2.24, 2.45) is 12.9 Å². The van der Waals surface area contributed by atoms with Crippen molar-refractivity contribution in [3.63, 3.8) is 0 Å². The first-order valence-electron chi connectivity index (χ1n) is 4.95. The quantitative estimate of drug-likeness (QED) is 0.563. The van der Waals surface area contributed by atoms with Crippen LogP contribution >= 0.6 is 0 Å². The number of nitrogens with one attached hydrogen (secondary N) is 1. The summed E-state index contributed by atoms with van der Waals surface area (Å²) < 4.78 is 1.68. The molecular formula is C10H14N6. The van der Waals surface area contributed by atoms with Gasteiger partial charge in [-0.25, -0.2) is 5.43 Å². The second-order valence-electron chi connectivity index (χ2n) is 3.64. The zero-order valence-corrected chi connectivity index (χ0v) is 9.25. The second-order valence-corrected chi connectivity index (χ2v) is 3.64. The number of hydrazine groups is 1. The van der Waals surface area contributed by atoms with E-state index in [1.807, 2.05) is 26.1 Å². The number of nitrogens with zero attached hydrogens (tertiary/aromatic N) is 4. The monoisotopic (exact) mass is 218 g/mol. The van der Waals surface area contributed by atoms with Crippen molar-refractivity contribution in [3.05, 3.63) is 41.5 Å². The molecule has 2 heterocycles. The Labute approximate surface area is 93.5 Å². The van der Waals surface area contributed by atoms with E-state index in [0.29, 0.717) is 0 Å². The SMILES string of the molecule is Cc1ccnc(C(NN)c2cnnn2C)c1. The van der Waals surface area contributed by atoms with E-state index in [2.05, 4.69) is 20.7 Å². The van der Waals surface area contributed by atoms with Crippen LogP contribution in [0, 0.1) is 6.92 Å². The average molecular weight is 218 g/mol. The van der Waals surface area contributed by atoms with E-state index in [1.165, 1.54) is 0 Å². The predicted molar refractivity (Wildman–Crippen MR) is 59.1 cm³/mol. The van der Waals surface area contributed by atoms with Crippen LogP contribution in [0.25, 0.3) is 0 Å². The fourth-order valence-electron chi connectivity index (χ4n) is 1.60. The standard InChI is InChI=1S/C10H14N6/c1-7-3-4-12-8(5-7)10(14-11)9-6-13-15-16(9)2/h3-6,10,14H,11H2,1-2H3. The molecule has 84 valence electrons. The molecule has 0 aliphatic heterocycles. The van der Waals surface area contributed by atoms with Gasteiger partial charge >= 0.3 is 0 Å². The fraction of sp³-hybridized carbons (Fsp3) is 0.300. The molecule has 3 N–H and O–H groups in total. The van der Waals surface area contributed by atoms with Gasteiger partial charge in [0.15, 0.2) is 0 Å². The first-order chi connectivity index (χ1) is 7.72. The van der Waals surface area contributed by atoms with Crippen molar-refractivity contribution in [3.8, 4) is 0 Å². The fourth-order valence-corrected chi connectivity index (χ4v) is 1.60. The Balaban J connectivity index is 2.40. The summed E-state index contributed by atoms with van der Waals surface area (Å²) in [5.74, 6) is 5.56. The summed E-state index contributed by atoms with van der Waals surface area (Å²) in [5.41, 5.74) is 5.59. The minimum Gasteiger partial charge on any atom is -0.270 e. The molecule has 0 amide bonds. The summed E-state index contributed by atoms with van der Waals surface area (Å²) in [6, 6.07) is 3.73. The van der Waals surface area contributed by atoms with Crippen molar-refractivity contribution in [1.82, 2.24) is 25.4 Å². The topological polar surface area (TPSA) is 81.7 Å². The molecule has 0 spiro atoms. The summed E-state index contributed by atoms with van der Waals surface area (Å²) >= 11 is 0. The van der Waals surface area contributed by atoms with Gasteiger partial charge in [-0.15, -0.1) is 5.10 Å². The van der Waals surface area contributed by atoms with Crippen molar-refractivity contribution < 1.29 is 0 Å². The largest absolute Gasteiger partial charge is 0.270 e. The normalized spacial score (nSPS) is 12.7. The molecule has 2 aromatic rings. The van der Waals surface area contributed by atoms with Crippen molar-refractivity contribution in [2.75, 3.05) is 0 Å². The smallest absolute Gasteiger partial charge is 0.106 e. The third-order valence-corrected chi connectivity index (χ3v) is 2.44. The maximum absolute atomic E-state index is 5.56. The first kappa shape index (κ1) is 10.7. The number of hydrogen-bond acceptors (Lipinski definition) is 5. The minimum absolute atomic E-state index is 0.195. The minimum atomic E-state index is -0.195. The molecule has 1 atom stereocenters. The van der Waals surface area contributed by atoms with Gasteiger partial charge in [-0.1, -0.05) is 5.21 Å². The molecule has 16 heavy (non-hydrogen) atoms. The van der Waals surface area contributed by atoms with Gasteiger partial charge in [0, 0.05) is 13.2 Å². The number of aromatic nitrogens is 4. The summed E-state index contributed by atoms with van der Waals surface area (Å²) in [7, 11) is 1.82. The van der Waals surface area contributed by atoms with E-state index in [0.717, 1.165) is 17.0 Å². The Morgan fingerprint density at radius 3 is 2.88 bits per heavy atom. The number of aryl methyl sites for hydroxylation is 2. The summed E-state index contributed by atoms with van der Waals surface area (Å²) in [5, 5.41) is 7.70. The van der Waals surface area contributed by atoms with Gasteiger partial charge in [0.25, 0.3) is 0 Å². The molecular weight excluding hydrogens is 204 g/mol. The highest BCUT2D eigenvalue weighted by molar-refractivity contribution is 5.23. The molecule has 2 rings (SSSR count). The molecule has 0 bridgehead atoms. The molecule has 0 aliphatic rings. The van der Waals surface area contributed by atoms with Gasteiger partial charge < -0.3 is 0 Å². The molecule has 0 saturated heterocycles. The Hall–Kier alpha value is -1.79. The second kappa shape index (κ2) is 4.38. The number of hydrogen-bond donors (Lipinski definition) is 2. The Kier molecular flexibility index (Phi) is 2.93. The van der Waals surface area contributed by atoms with Crippen LogP contribution in [0.5, 0.6) is 0 Å². The van der Waals surface area contributed by atoms with Crippen LogP contribution in [0.1, 0.15) is 23.0 Å². The number of rotatable bonds is 3. The Morgan fingerprint density at radius 2 is 2.31 bits per heavy atom. The van der Waals surface area contributed by atoms with Crippen molar-refractivity contribution in [1.29, 1.82) is 0 Å². The lowest BCUT2D eigenvalue weighted by atomic mass is 10.1. The number of nitrogens with two attached hydrogens (primary N) is 1. The maximum atomic E-state index is 5.56. The molecule has 0 saturated carbocycles. The van der Waals surface area contributed by atoms with Gasteiger partial charge in [-0.05, 0) is 24.6 Å². The average Bonchev–Trinajstić information content (AvgIpc) is 2.67. The molecule has 1 unspecified atom stereocenters. The van der Waals surface area contributed by atoms with Gasteiger partial charge in [-0.2, -0.15) is 0 Å². The Bertz CT molecular complexity index is 478. The molecule has 2 aromatic heterocycles. The lowest BCUT2D eigenvalue weighted by Crippen LogP contribution is -2.31. The summed E-state index contributed by atoms with van der Waals surface area (Å²) in [4.78, 5) is 4.30. The van der Waals surface area contributed by atoms with Crippen molar-refractivity contribution in [2.45, 2.75) is 13.0 Å². The van der Waals surface area contributed by atoms with E-state index in [1.54, 1.807) is 17.1 Å². The molecule has 6 nitrogen and oxygen atoms in total. The highest BCUT2D eigenvalue weighted by Gasteiger charge is 2.17. The molecule has 0 fully saturated rings. The zero-order chi connectivity index (χ0) is 11.5. The van der Waals surface area contributed by atoms with Gasteiger partial charge in [0.1, 0.15) is 6.04 Å². The van der Waals surface area contributed by atoms with Gasteiger partial charge in [0.05, 0.1) is 17.6 Å². The third kappa shape index (κ3) is 1.93. The lowest BCUT2D eigenvalue weighted by molar-refractivity contribution is 0.559. The molecule has 0 radical (unpaired) electrons. The lowest BCUT2D eigenvalue weighted by Gasteiger charge is -2.15. The highest BCUT2D eigenvalue weighted by atomic mass is 15.4. The van der Waals surface area contributed by atoms with Gasteiger partial charge in [0.2, 0.25) is 0 Å². The van der Waals surface area contributed by atoms with E-state index < -0.39 is 0 Å². The predicted octanol–water partition coefficient (Wildman–Crippen LogP) is 0.0712. The van der Waals surface area contributed by atoms with E-state index in [4.69, 9.17) is 5.84 Å². The van der Waals surface area contributed by atoms with Crippen LogP contribution in [-0.2, 0) is 7.05 Å². The van der Waals surface area contributed by atoms with Crippen LogP contribution in [-0.4, -0.2) is 20.0 Å². The van der Waals surface area contributed by atoms with Crippen LogP contribution in [0.2, 0.25) is 0 Å². The van der Waals surface area contributed by atoms with Crippen LogP contribution < -0.4 is 11.3 Å². The first-order valence-corrected chi connectivity index (χ1v) is 4.95. The molecule has 0 aliphatic carbocycles. The van der Waals surface area contributed by atoms with Crippen LogP contribution in [0.4, 0.5) is 0 Å². The molecule has 6 heteroatoms. The third-order valence-electron chi connectivity index (χ3n) is 2.44. The summed E-state index contributed by atoms with van der Waals surface area (Å²) in [6.45, 7) is 2.01.